The molecule has 0 amide bonds. The van der Waals surface area contributed by atoms with Gasteiger partial charge in [0.2, 0.25) is 0 Å². The maximum absolute atomic E-state index is 11.9. The Morgan fingerprint density at radius 3 is 2.65 bits per heavy atom. The zero-order valence-electron chi connectivity index (χ0n) is 13.1. The molecule has 5 nitrogen and oxygen atoms in total. The number of ether oxygens (including phenoxy) is 1. The Bertz CT molecular complexity index is 442. The molecule has 1 aromatic rings. The Morgan fingerprint density at radius 2 is 2.20 bits per heavy atom. The maximum atomic E-state index is 11.9. The molecule has 1 aromatic heterocycles. The number of aromatic nitrogens is 1. The van der Waals surface area contributed by atoms with Gasteiger partial charge in [-0.2, -0.15) is 0 Å². The zero-order chi connectivity index (χ0) is 15.3. The van der Waals surface area contributed by atoms with Crippen molar-refractivity contribution in [2.45, 2.75) is 57.1 Å². The Labute approximate surface area is 124 Å². The van der Waals surface area contributed by atoms with Crippen LogP contribution in [0.1, 0.15) is 38.6 Å². The summed E-state index contributed by atoms with van der Waals surface area (Å²) in [6.45, 7) is 10.4. The van der Waals surface area contributed by atoms with E-state index >= 15 is 0 Å². The molecule has 6 heteroatoms. The highest BCUT2D eigenvalue weighted by molar-refractivity contribution is 7.99. The summed E-state index contributed by atoms with van der Waals surface area (Å²) >= 11 is 1.53. The number of thioether (sulfide) groups is 1. The fourth-order valence-electron chi connectivity index (χ4n) is 2.13. The number of esters is 1. The topological polar surface area (TPSA) is 64.4 Å². The summed E-state index contributed by atoms with van der Waals surface area (Å²) in [5.41, 5.74) is 0.217. The number of methoxy groups -OCH3 is 1. The summed E-state index contributed by atoms with van der Waals surface area (Å²) in [7, 11) is 1.41. The Kier molecular flexibility index (Phi) is 6.07. The van der Waals surface area contributed by atoms with Gasteiger partial charge in [-0.25, -0.2) is 4.98 Å². The van der Waals surface area contributed by atoms with Crippen LogP contribution >= 0.6 is 11.8 Å². The first-order valence-electron chi connectivity index (χ1n) is 6.76. The molecule has 0 aliphatic rings. The van der Waals surface area contributed by atoms with Gasteiger partial charge in [0.1, 0.15) is 11.3 Å². The third-order valence-electron chi connectivity index (χ3n) is 3.21. The van der Waals surface area contributed by atoms with Gasteiger partial charge in [-0.05, 0) is 33.7 Å². The van der Waals surface area contributed by atoms with E-state index in [9.17, 15) is 4.79 Å². The van der Waals surface area contributed by atoms with E-state index in [0.29, 0.717) is 18.2 Å². The first kappa shape index (κ1) is 17.0. The van der Waals surface area contributed by atoms with E-state index in [-0.39, 0.29) is 11.2 Å². The van der Waals surface area contributed by atoms with Crippen LogP contribution in [0.25, 0.3) is 0 Å². The molecule has 1 heterocycles. The maximum Gasteiger partial charge on any atom is 0.325 e. The average Bonchev–Trinajstić information content (AvgIpc) is 2.66. The lowest BCUT2D eigenvalue weighted by molar-refractivity contribution is -0.148. The number of nitrogens with one attached hydrogen (secondary N) is 1. The largest absolute Gasteiger partial charge is 0.468 e. The second-order valence-corrected chi connectivity index (χ2v) is 6.50. The number of likely N-dealkylation sites (N-methyl/N-ethyl adjacent to an activating group) is 1. The minimum Gasteiger partial charge on any atom is -0.468 e. The predicted molar refractivity (Wildman–Crippen MR) is 80.0 cm³/mol. The summed E-state index contributed by atoms with van der Waals surface area (Å²) in [6.07, 6.45) is 0.638. The number of rotatable bonds is 7. The molecule has 0 saturated carbocycles. The molecule has 1 rings (SSSR count). The number of carbonyl (C=O) groups is 1. The molecule has 0 saturated heterocycles. The lowest BCUT2D eigenvalue weighted by Gasteiger charge is -2.29. The van der Waals surface area contributed by atoms with Crippen molar-refractivity contribution in [2.24, 2.45) is 0 Å². The summed E-state index contributed by atoms with van der Waals surface area (Å²) < 4.78 is 10.5. The molecule has 0 aromatic carbocycles. The second-order valence-electron chi connectivity index (χ2n) is 5.11. The Balaban J connectivity index is 2.71. The second kappa shape index (κ2) is 7.13. The van der Waals surface area contributed by atoms with Gasteiger partial charge >= 0.3 is 5.97 Å². The van der Waals surface area contributed by atoms with Crippen molar-refractivity contribution < 1.29 is 13.9 Å². The SMILES string of the molecule is CCNC(C)(CC(C)Sc1nc(C)c(C)o1)C(=O)OC. The molecule has 0 radical (unpaired) electrons. The van der Waals surface area contributed by atoms with Crippen LogP contribution in [0.3, 0.4) is 0 Å². The molecule has 1 N–H and O–H groups in total. The van der Waals surface area contributed by atoms with Gasteiger partial charge in [-0.3, -0.25) is 4.79 Å². The fraction of sp³-hybridized carbons (Fsp3) is 0.714. The molecular formula is C14H24N2O3S. The highest BCUT2D eigenvalue weighted by Gasteiger charge is 2.35. The first-order valence-corrected chi connectivity index (χ1v) is 7.64. The van der Waals surface area contributed by atoms with Crippen LogP contribution < -0.4 is 5.32 Å². The van der Waals surface area contributed by atoms with Crippen molar-refractivity contribution >= 4 is 17.7 Å². The Morgan fingerprint density at radius 1 is 1.55 bits per heavy atom. The van der Waals surface area contributed by atoms with Crippen LogP contribution in [0.4, 0.5) is 0 Å². The van der Waals surface area contributed by atoms with Crippen LogP contribution in [0.5, 0.6) is 0 Å². The zero-order valence-corrected chi connectivity index (χ0v) is 13.9. The number of hydrogen-bond acceptors (Lipinski definition) is 6. The highest BCUT2D eigenvalue weighted by atomic mass is 32.2. The van der Waals surface area contributed by atoms with Crippen molar-refractivity contribution in [2.75, 3.05) is 13.7 Å². The van der Waals surface area contributed by atoms with E-state index < -0.39 is 5.54 Å². The van der Waals surface area contributed by atoms with Gasteiger partial charge in [0, 0.05) is 5.25 Å². The van der Waals surface area contributed by atoms with Gasteiger partial charge in [-0.1, -0.05) is 25.6 Å². The number of carbonyl (C=O) groups excluding carboxylic acids is 1. The summed E-state index contributed by atoms with van der Waals surface area (Å²) in [5, 5.41) is 4.03. The number of hydrogen-bond donors (Lipinski definition) is 1. The number of oxazole rings is 1. The lowest BCUT2D eigenvalue weighted by atomic mass is 9.96. The minimum atomic E-state index is -0.688. The van der Waals surface area contributed by atoms with Crippen LogP contribution in [0, 0.1) is 13.8 Å². The lowest BCUT2D eigenvalue weighted by Crippen LogP contribution is -2.51. The highest BCUT2D eigenvalue weighted by Crippen LogP contribution is 2.29. The van der Waals surface area contributed by atoms with Crippen molar-refractivity contribution in [3.05, 3.63) is 11.5 Å². The van der Waals surface area contributed by atoms with Crippen molar-refractivity contribution in [3.63, 3.8) is 0 Å². The van der Waals surface area contributed by atoms with E-state index in [1.54, 1.807) is 0 Å². The molecule has 2 unspecified atom stereocenters. The minimum absolute atomic E-state index is 0.176. The van der Waals surface area contributed by atoms with Gasteiger partial charge in [0.05, 0.1) is 12.8 Å². The third-order valence-corrected chi connectivity index (χ3v) is 4.15. The van der Waals surface area contributed by atoms with Gasteiger partial charge in [-0.15, -0.1) is 0 Å². The van der Waals surface area contributed by atoms with Crippen molar-refractivity contribution in [3.8, 4) is 0 Å². The molecule has 0 aliphatic carbocycles. The summed E-state index contributed by atoms with van der Waals surface area (Å²) in [4.78, 5) is 16.3. The predicted octanol–water partition coefficient (Wildman–Crippen LogP) is 2.70. The molecule has 0 spiro atoms. The quantitative estimate of drug-likeness (QED) is 0.617. The van der Waals surface area contributed by atoms with Gasteiger partial charge < -0.3 is 14.5 Å². The van der Waals surface area contributed by atoms with E-state index in [4.69, 9.17) is 9.15 Å². The molecule has 20 heavy (non-hydrogen) atoms. The number of nitrogens with zero attached hydrogens (tertiary/aromatic N) is 1. The molecule has 0 aliphatic heterocycles. The van der Waals surface area contributed by atoms with Crippen molar-refractivity contribution in [1.29, 1.82) is 0 Å². The van der Waals surface area contributed by atoms with Crippen molar-refractivity contribution in [1.82, 2.24) is 10.3 Å². The van der Waals surface area contributed by atoms with Crippen LogP contribution in [-0.4, -0.2) is 35.4 Å². The molecule has 114 valence electrons. The molecule has 2 atom stereocenters. The molecule has 0 fully saturated rings. The average molecular weight is 300 g/mol. The standard InChI is InChI=1S/C14H24N2O3S/c1-7-15-14(5,12(17)18-6)8-9(2)20-13-16-10(3)11(4)19-13/h9,15H,7-8H2,1-6H3. The fourth-order valence-corrected chi connectivity index (χ4v) is 3.25. The first-order chi connectivity index (χ1) is 9.32. The van der Waals surface area contributed by atoms with E-state index in [0.717, 1.165) is 11.5 Å². The van der Waals surface area contributed by atoms with Gasteiger partial charge in [0.25, 0.3) is 5.22 Å². The van der Waals surface area contributed by atoms with E-state index in [1.807, 2.05) is 27.7 Å². The Hall–Kier alpha value is -1.01. The summed E-state index contributed by atoms with van der Waals surface area (Å²) in [6, 6.07) is 0. The molecule has 0 bridgehead atoms. The third kappa shape index (κ3) is 4.24. The van der Waals surface area contributed by atoms with Crippen LogP contribution in [-0.2, 0) is 9.53 Å². The van der Waals surface area contributed by atoms with Gasteiger partial charge in [0.15, 0.2) is 0 Å². The van der Waals surface area contributed by atoms with E-state index in [1.165, 1.54) is 18.9 Å². The van der Waals surface area contributed by atoms with Crippen LogP contribution in [0.2, 0.25) is 0 Å². The smallest absolute Gasteiger partial charge is 0.325 e. The summed E-state index contributed by atoms with van der Waals surface area (Å²) in [5.74, 6) is 0.591. The molecular weight excluding hydrogens is 276 g/mol. The van der Waals surface area contributed by atoms with E-state index in [2.05, 4.69) is 17.2 Å². The normalized spacial score (nSPS) is 15.7. The number of aryl methyl sites for hydroxylation is 2. The van der Waals surface area contributed by atoms with Crippen LogP contribution in [0.15, 0.2) is 9.64 Å². The monoisotopic (exact) mass is 300 g/mol.